The third-order valence-corrected chi connectivity index (χ3v) is 4.26. The number of amides is 1. The Morgan fingerprint density at radius 2 is 2.14 bits per heavy atom. The second-order valence-electron chi connectivity index (χ2n) is 5.73. The van der Waals surface area contributed by atoms with E-state index in [0.717, 1.165) is 12.8 Å². The molecule has 5 nitrogen and oxygen atoms in total. The second-order valence-corrected chi connectivity index (χ2v) is 5.73. The Kier molecular flexibility index (Phi) is 5.31. The fourth-order valence-corrected chi connectivity index (χ4v) is 2.72. The van der Waals surface area contributed by atoms with Crippen molar-refractivity contribution >= 4 is 11.9 Å². The first-order valence-corrected chi connectivity index (χ1v) is 7.45. The van der Waals surface area contributed by atoms with E-state index in [1.54, 1.807) is 18.2 Å². The molecule has 0 aromatic carbocycles. The molecule has 0 unspecified atom stereocenters. The van der Waals surface area contributed by atoms with Gasteiger partial charge in [-0.05, 0) is 30.4 Å². The topological polar surface area (TPSA) is 68.3 Å². The third-order valence-electron chi connectivity index (χ3n) is 4.26. The number of carbonyl (C=O) groups excluding carboxylic acids is 2. The van der Waals surface area contributed by atoms with Crippen molar-refractivity contribution in [3.05, 3.63) is 30.1 Å². The standard InChI is InChI=1S/C16H22N2O3/c1-11-6-5-8-13(12(11)2)18-15(19)10-21-16(20)14-7-3-4-9-17-14/h3-4,7,9,11-13H,5-6,8,10H2,1-2H3,(H,18,19)/t11-,12+,13+/m1/s1. The summed E-state index contributed by atoms with van der Waals surface area (Å²) in [6.07, 6.45) is 4.85. The molecule has 1 saturated carbocycles. The zero-order valence-corrected chi connectivity index (χ0v) is 12.5. The van der Waals surface area contributed by atoms with Gasteiger partial charge in [0.25, 0.3) is 5.91 Å². The molecule has 2 rings (SSSR count). The number of aromatic nitrogens is 1. The van der Waals surface area contributed by atoms with Crippen LogP contribution < -0.4 is 5.32 Å². The maximum atomic E-state index is 11.9. The lowest BCUT2D eigenvalue weighted by Gasteiger charge is -2.34. The van der Waals surface area contributed by atoms with Crippen LogP contribution >= 0.6 is 0 Å². The number of pyridine rings is 1. The van der Waals surface area contributed by atoms with Crippen LogP contribution in [0.15, 0.2) is 24.4 Å². The van der Waals surface area contributed by atoms with E-state index in [9.17, 15) is 9.59 Å². The number of nitrogens with zero attached hydrogens (tertiary/aromatic N) is 1. The molecule has 1 heterocycles. The highest BCUT2D eigenvalue weighted by atomic mass is 16.5. The number of nitrogens with one attached hydrogen (secondary N) is 1. The normalized spacial score (nSPS) is 25.1. The van der Waals surface area contributed by atoms with E-state index in [1.165, 1.54) is 12.6 Å². The monoisotopic (exact) mass is 290 g/mol. The Labute approximate surface area is 125 Å². The van der Waals surface area contributed by atoms with Crippen LogP contribution in [0.2, 0.25) is 0 Å². The molecule has 0 radical (unpaired) electrons. The zero-order valence-electron chi connectivity index (χ0n) is 12.5. The summed E-state index contributed by atoms with van der Waals surface area (Å²) in [5.41, 5.74) is 0.213. The number of carbonyl (C=O) groups is 2. The van der Waals surface area contributed by atoms with Crippen LogP contribution in [-0.4, -0.2) is 29.5 Å². The lowest BCUT2D eigenvalue weighted by Crippen LogP contribution is -2.45. The van der Waals surface area contributed by atoms with Crippen molar-refractivity contribution in [1.82, 2.24) is 10.3 Å². The molecule has 0 saturated heterocycles. The molecule has 1 fully saturated rings. The van der Waals surface area contributed by atoms with Gasteiger partial charge in [-0.1, -0.05) is 32.8 Å². The number of hydrogen-bond donors (Lipinski definition) is 1. The first-order valence-electron chi connectivity index (χ1n) is 7.45. The molecule has 1 N–H and O–H groups in total. The van der Waals surface area contributed by atoms with E-state index < -0.39 is 5.97 Å². The van der Waals surface area contributed by atoms with Gasteiger partial charge in [0.1, 0.15) is 5.69 Å². The Balaban J connectivity index is 1.78. The van der Waals surface area contributed by atoms with Crippen molar-refractivity contribution in [2.75, 3.05) is 6.61 Å². The average Bonchev–Trinajstić information content (AvgIpc) is 2.50. The van der Waals surface area contributed by atoms with E-state index in [-0.39, 0.29) is 24.2 Å². The fourth-order valence-electron chi connectivity index (χ4n) is 2.72. The number of rotatable bonds is 4. The minimum atomic E-state index is -0.573. The van der Waals surface area contributed by atoms with Crippen molar-refractivity contribution in [3.63, 3.8) is 0 Å². The van der Waals surface area contributed by atoms with Gasteiger partial charge in [-0.15, -0.1) is 0 Å². The van der Waals surface area contributed by atoms with E-state index in [2.05, 4.69) is 24.1 Å². The minimum Gasteiger partial charge on any atom is -0.451 e. The molecule has 5 heteroatoms. The minimum absolute atomic E-state index is 0.176. The first kappa shape index (κ1) is 15.5. The lowest BCUT2D eigenvalue weighted by molar-refractivity contribution is -0.125. The first-order chi connectivity index (χ1) is 10.1. The third kappa shape index (κ3) is 4.28. The molecule has 3 atom stereocenters. The Bertz CT molecular complexity index is 490. The molecule has 114 valence electrons. The SMILES string of the molecule is C[C@H]1[C@H](C)CCC[C@@H]1NC(=O)COC(=O)c1ccccn1. The van der Waals surface area contributed by atoms with Gasteiger partial charge < -0.3 is 10.1 Å². The van der Waals surface area contributed by atoms with Crippen LogP contribution in [0.5, 0.6) is 0 Å². The van der Waals surface area contributed by atoms with E-state index in [4.69, 9.17) is 4.74 Å². The Morgan fingerprint density at radius 3 is 2.86 bits per heavy atom. The Morgan fingerprint density at radius 1 is 1.33 bits per heavy atom. The molecule has 1 amide bonds. The number of hydrogen-bond acceptors (Lipinski definition) is 4. The van der Waals surface area contributed by atoms with Gasteiger partial charge in [0, 0.05) is 12.2 Å². The highest BCUT2D eigenvalue weighted by molar-refractivity contribution is 5.89. The van der Waals surface area contributed by atoms with E-state index >= 15 is 0 Å². The van der Waals surface area contributed by atoms with Crippen LogP contribution in [0, 0.1) is 11.8 Å². The van der Waals surface area contributed by atoms with Crippen LogP contribution in [0.1, 0.15) is 43.6 Å². The molecular weight excluding hydrogens is 268 g/mol. The molecule has 0 spiro atoms. The quantitative estimate of drug-likeness (QED) is 0.863. The molecule has 1 aromatic rings. The molecular formula is C16H22N2O3. The predicted molar refractivity (Wildman–Crippen MR) is 78.6 cm³/mol. The molecule has 0 bridgehead atoms. The van der Waals surface area contributed by atoms with Gasteiger partial charge in [-0.3, -0.25) is 4.79 Å². The summed E-state index contributed by atoms with van der Waals surface area (Å²) < 4.78 is 4.98. The smallest absolute Gasteiger partial charge is 0.357 e. The van der Waals surface area contributed by atoms with Crippen LogP contribution in [0.3, 0.4) is 0 Å². The van der Waals surface area contributed by atoms with Crippen molar-refractivity contribution < 1.29 is 14.3 Å². The summed E-state index contributed by atoms with van der Waals surface area (Å²) >= 11 is 0. The van der Waals surface area contributed by atoms with Crippen molar-refractivity contribution in [2.45, 2.75) is 39.2 Å². The van der Waals surface area contributed by atoms with E-state index in [0.29, 0.717) is 11.8 Å². The fraction of sp³-hybridized carbons (Fsp3) is 0.562. The molecule has 0 aliphatic heterocycles. The number of esters is 1. The highest BCUT2D eigenvalue weighted by Crippen LogP contribution is 2.29. The maximum absolute atomic E-state index is 11.9. The lowest BCUT2D eigenvalue weighted by atomic mass is 9.78. The van der Waals surface area contributed by atoms with Crippen molar-refractivity contribution in [2.24, 2.45) is 11.8 Å². The number of ether oxygens (including phenoxy) is 1. The van der Waals surface area contributed by atoms with Crippen LogP contribution in [-0.2, 0) is 9.53 Å². The molecule has 1 aliphatic carbocycles. The second kappa shape index (κ2) is 7.20. The summed E-state index contributed by atoms with van der Waals surface area (Å²) in [5.74, 6) is 0.246. The maximum Gasteiger partial charge on any atom is 0.357 e. The summed E-state index contributed by atoms with van der Waals surface area (Å²) in [5, 5.41) is 2.97. The predicted octanol–water partition coefficient (Wildman–Crippen LogP) is 2.18. The van der Waals surface area contributed by atoms with Crippen molar-refractivity contribution in [1.29, 1.82) is 0 Å². The van der Waals surface area contributed by atoms with Gasteiger partial charge in [0.05, 0.1) is 0 Å². The summed E-state index contributed by atoms with van der Waals surface area (Å²) in [7, 11) is 0. The van der Waals surface area contributed by atoms with Gasteiger partial charge in [0.15, 0.2) is 6.61 Å². The average molecular weight is 290 g/mol. The van der Waals surface area contributed by atoms with Gasteiger partial charge in [-0.25, -0.2) is 9.78 Å². The van der Waals surface area contributed by atoms with Crippen LogP contribution in [0.4, 0.5) is 0 Å². The van der Waals surface area contributed by atoms with Crippen molar-refractivity contribution in [3.8, 4) is 0 Å². The molecule has 1 aromatic heterocycles. The van der Waals surface area contributed by atoms with Gasteiger partial charge in [0.2, 0.25) is 0 Å². The van der Waals surface area contributed by atoms with Gasteiger partial charge in [-0.2, -0.15) is 0 Å². The highest BCUT2D eigenvalue weighted by Gasteiger charge is 2.28. The summed E-state index contributed by atoms with van der Waals surface area (Å²) in [4.78, 5) is 27.5. The van der Waals surface area contributed by atoms with Crippen LogP contribution in [0.25, 0.3) is 0 Å². The largest absolute Gasteiger partial charge is 0.451 e. The summed E-state index contributed by atoms with van der Waals surface area (Å²) in [6.45, 7) is 4.12. The Hall–Kier alpha value is -1.91. The van der Waals surface area contributed by atoms with Gasteiger partial charge >= 0.3 is 5.97 Å². The summed E-state index contributed by atoms with van der Waals surface area (Å²) in [6, 6.07) is 5.16. The molecule has 1 aliphatic rings. The van der Waals surface area contributed by atoms with E-state index in [1.807, 2.05) is 0 Å². The zero-order chi connectivity index (χ0) is 15.2. The molecule has 21 heavy (non-hydrogen) atoms.